The molecule has 20 heavy (non-hydrogen) atoms. The van der Waals surface area contributed by atoms with E-state index in [9.17, 15) is 0 Å². The molecule has 0 spiro atoms. The molecule has 0 fully saturated rings. The molecule has 0 saturated heterocycles. The first-order valence-electron chi connectivity index (χ1n) is 7.02. The smallest absolute Gasteiger partial charge is 0.162 e. The lowest BCUT2D eigenvalue weighted by atomic mass is 10.1. The molecule has 1 aromatic carbocycles. The summed E-state index contributed by atoms with van der Waals surface area (Å²) in [6.07, 6.45) is 0. The van der Waals surface area contributed by atoms with Gasteiger partial charge in [-0.1, -0.05) is 27.7 Å². The lowest BCUT2D eigenvalue weighted by Gasteiger charge is -2.10. The van der Waals surface area contributed by atoms with Gasteiger partial charge in [0, 0.05) is 17.1 Å². The minimum Gasteiger partial charge on any atom is -0.493 e. The Kier molecular flexibility index (Phi) is 8.29. The zero-order valence-corrected chi connectivity index (χ0v) is 13.9. The van der Waals surface area contributed by atoms with Gasteiger partial charge < -0.3 is 9.47 Å². The number of nitrogens with zero attached hydrogens (tertiary/aromatic N) is 2. The summed E-state index contributed by atoms with van der Waals surface area (Å²) < 4.78 is 10.5. The number of benzene rings is 1. The van der Waals surface area contributed by atoms with Gasteiger partial charge in [-0.05, 0) is 19.9 Å². The first kappa shape index (κ1) is 18.2. The van der Waals surface area contributed by atoms with E-state index in [2.05, 4.69) is 9.97 Å². The molecule has 0 aliphatic rings. The monoisotopic (exact) mass is 278 g/mol. The Morgan fingerprint density at radius 1 is 0.800 bits per heavy atom. The van der Waals surface area contributed by atoms with Crippen LogP contribution in [0.4, 0.5) is 0 Å². The van der Waals surface area contributed by atoms with Crippen molar-refractivity contribution in [2.24, 2.45) is 0 Å². The summed E-state index contributed by atoms with van der Waals surface area (Å²) >= 11 is 0. The molecule has 1 aromatic heterocycles. The quantitative estimate of drug-likeness (QED) is 0.820. The fraction of sp³-hybridized carbons (Fsp3) is 0.500. The fourth-order valence-corrected chi connectivity index (χ4v) is 1.75. The molecule has 0 radical (unpaired) electrons. The molecule has 4 nitrogen and oxygen atoms in total. The van der Waals surface area contributed by atoms with Crippen molar-refractivity contribution in [1.82, 2.24) is 9.97 Å². The van der Waals surface area contributed by atoms with Crippen LogP contribution in [0.15, 0.2) is 12.1 Å². The number of ether oxygens (including phenoxy) is 2. The van der Waals surface area contributed by atoms with Crippen LogP contribution in [0, 0.1) is 13.8 Å². The van der Waals surface area contributed by atoms with Crippen LogP contribution >= 0.6 is 0 Å². The summed E-state index contributed by atoms with van der Waals surface area (Å²) in [7, 11) is 3.23. The molecule has 112 valence electrons. The number of aromatic nitrogens is 2. The normalized spacial score (nSPS) is 9.00. The molecular formula is C16H26N2O2. The van der Waals surface area contributed by atoms with E-state index in [-0.39, 0.29) is 0 Å². The van der Waals surface area contributed by atoms with E-state index in [1.807, 2.05) is 53.7 Å². The van der Waals surface area contributed by atoms with Gasteiger partial charge >= 0.3 is 0 Å². The summed E-state index contributed by atoms with van der Waals surface area (Å²) in [5.41, 5.74) is 1.83. The van der Waals surface area contributed by atoms with E-state index in [4.69, 9.17) is 9.47 Å². The molecule has 0 aliphatic heterocycles. The summed E-state index contributed by atoms with van der Waals surface area (Å²) in [6.45, 7) is 11.8. The first-order chi connectivity index (χ1) is 9.65. The highest BCUT2D eigenvalue weighted by Crippen LogP contribution is 2.32. The maximum atomic E-state index is 5.25. The Morgan fingerprint density at radius 3 is 1.80 bits per heavy atom. The molecule has 0 unspecified atom stereocenters. The highest BCUT2D eigenvalue weighted by molar-refractivity contribution is 5.84. The molecule has 2 rings (SSSR count). The van der Waals surface area contributed by atoms with Crippen LogP contribution < -0.4 is 9.47 Å². The van der Waals surface area contributed by atoms with Gasteiger partial charge in [-0.2, -0.15) is 0 Å². The lowest BCUT2D eigenvalue weighted by Crippen LogP contribution is -1.96. The van der Waals surface area contributed by atoms with Gasteiger partial charge in [0.25, 0.3) is 0 Å². The third kappa shape index (κ3) is 4.08. The molecule has 0 amide bonds. The Labute approximate surface area is 122 Å². The van der Waals surface area contributed by atoms with Gasteiger partial charge in [0.1, 0.15) is 5.82 Å². The average Bonchev–Trinajstić information content (AvgIpc) is 2.50. The van der Waals surface area contributed by atoms with Crippen LogP contribution in [-0.4, -0.2) is 24.2 Å². The summed E-state index contributed by atoms with van der Waals surface area (Å²) in [4.78, 5) is 8.70. The number of methoxy groups -OCH3 is 2. The van der Waals surface area contributed by atoms with E-state index in [1.165, 1.54) is 0 Å². The van der Waals surface area contributed by atoms with Crippen molar-refractivity contribution in [2.45, 2.75) is 41.5 Å². The van der Waals surface area contributed by atoms with E-state index in [0.717, 1.165) is 22.4 Å². The largest absolute Gasteiger partial charge is 0.493 e. The molecule has 0 saturated carbocycles. The standard InChI is InChI=1S/C12H14N2O2.2C2H6/c1-7-9-5-11(15-3)12(16-4)6-10(9)14-8(2)13-7;2*1-2/h5-6H,1-4H3;2*1-2H3. The predicted octanol–water partition coefficient (Wildman–Crippen LogP) is 4.32. The van der Waals surface area contributed by atoms with Crippen molar-refractivity contribution >= 4 is 10.9 Å². The number of aryl methyl sites for hydroxylation is 2. The van der Waals surface area contributed by atoms with Gasteiger partial charge in [-0.3, -0.25) is 0 Å². The zero-order chi connectivity index (χ0) is 15.7. The Balaban J connectivity index is 0.000000829. The van der Waals surface area contributed by atoms with E-state index in [1.54, 1.807) is 14.2 Å². The van der Waals surface area contributed by atoms with Crippen molar-refractivity contribution in [3.63, 3.8) is 0 Å². The summed E-state index contributed by atoms with van der Waals surface area (Å²) in [5.74, 6) is 2.15. The maximum absolute atomic E-state index is 5.25. The predicted molar refractivity (Wildman–Crippen MR) is 84.8 cm³/mol. The SMILES string of the molecule is CC.CC.COc1cc2nc(C)nc(C)c2cc1OC. The van der Waals surface area contributed by atoms with Crippen LogP contribution in [-0.2, 0) is 0 Å². The van der Waals surface area contributed by atoms with Crippen molar-refractivity contribution < 1.29 is 9.47 Å². The van der Waals surface area contributed by atoms with E-state index < -0.39 is 0 Å². The third-order valence-corrected chi connectivity index (χ3v) is 2.50. The minimum atomic E-state index is 0.687. The zero-order valence-electron chi connectivity index (χ0n) is 13.9. The van der Waals surface area contributed by atoms with Gasteiger partial charge in [-0.25, -0.2) is 9.97 Å². The number of hydrogen-bond donors (Lipinski definition) is 0. The second kappa shape index (κ2) is 9.13. The Morgan fingerprint density at radius 2 is 1.30 bits per heavy atom. The molecule has 4 heteroatoms. The molecule has 2 aromatic rings. The topological polar surface area (TPSA) is 44.2 Å². The van der Waals surface area contributed by atoms with Crippen molar-refractivity contribution in [1.29, 1.82) is 0 Å². The first-order valence-corrected chi connectivity index (χ1v) is 7.02. The van der Waals surface area contributed by atoms with Gasteiger partial charge in [0.2, 0.25) is 0 Å². The van der Waals surface area contributed by atoms with Gasteiger partial charge in [0.15, 0.2) is 11.5 Å². The van der Waals surface area contributed by atoms with Crippen LogP contribution in [0.2, 0.25) is 0 Å². The van der Waals surface area contributed by atoms with Crippen LogP contribution in [0.1, 0.15) is 39.2 Å². The Hall–Kier alpha value is -1.84. The number of rotatable bonds is 2. The van der Waals surface area contributed by atoms with Crippen LogP contribution in [0.3, 0.4) is 0 Å². The highest BCUT2D eigenvalue weighted by atomic mass is 16.5. The molecule has 0 N–H and O–H groups in total. The maximum Gasteiger partial charge on any atom is 0.162 e. The van der Waals surface area contributed by atoms with Gasteiger partial charge in [0.05, 0.1) is 19.7 Å². The van der Waals surface area contributed by atoms with E-state index in [0.29, 0.717) is 11.5 Å². The van der Waals surface area contributed by atoms with E-state index >= 15 is 0 Å². The number of hydrogen-bond acceptors (Lipinski definition) is 4. The molecule has 0 atom stereocenters. The van der Waals surface area contributed by atoms with Crippen molar-refractivity contribution in [3.8, 4) is 11.5 Å². The second-order valence-electron chi connectivity index (χ2n) is 3.58. The number of fused-ring (bicyclic) bond motifs is 1. The highest BCUT2D eigenvalue weighted by Gasteiger charge is 2.09. The molecular weight excluding hydrogens is 252 g/mol. The van der Waals surface area contributed by atoms with Crippen LogP contribution in [0.25, 0.3) is 10.9 Å². The summed E-state index contributed by atoms with van der Waals surface area (Å²) in [5, 5.41) is 0.989. The molecule has 0 bridgehead atoms. The molecule has 1 heterocycles. The third-order valence-electron chi connectivity index (χ3n) is 2.50. The fourth-order valence-electron chi connectivity index (χ4n) is 1.75. The molecule has 0 aliphatic carbocycles. The van der Waals surface area contributed by atoms with Crippen molar-refractivity contribution in [3.05, 3.63) is 23.7 Å². The van der Waals surface area contributed by atoms with Crippen molar-refractivity contribution in [2.75, 3.05) is 14.2 Å². The van der Waals surface area contributed by atoms with Gasteiger partial charge in [-0.15, -0.1) is 0 Å². The Bertz CT molecular complexity index is 539. The average molecular weight is 278 g/mol. The second-order valence-corrected chi connectivity index (χ2v) is 3.58. The van der Waals surface area contributed by atoms with Crippen LogP contribution in [0.5, 0.6) is 11.5 Å². The lowest BCUT2D eigenvalue weighted by molar-refractivity contribution is 0.355. The summed E-state index contributed by atoms with van der Waals surface area (Å²) in [6, 6.07) is 3.78. The minimum absolute atomic E-state index is 0.687.